The summed E-state index contributed by atoms with van der Waals surface area (Å²) in [7, 11) is 0. The van der Waals surface area contributed by atoms with E-state index in [1.165, 1.54) is 29.6 Å². The Bertz CT molecular complexity index is 780. The lowest BCUT2D eigenvalue weighted by Crippen LogP contribution is -2.26. The number of benzene rings is 2. The van der Waals surface area contributed by atoms with E-state index >= 15 is 0 Å². The molecule has 2 aromatic carbocycles. The van der Waals surface area contributed by atoms with Crippen LogP contribution in [0.25, 0.3) is 0 Å². The molecule has 0 aliphatic rings. The van der Waals surface area contributed by atoms with Crippen LogP contribution in [0.1, 0.15) is 33.8 Å². The van der Waals surface area contributed by atoms with Gasteiger partial charge in [0.1, 0.15) is 5.75 Å². The summed E-state index contributed by atoms with van der Waals surface area (Å²) in [5, 5.41) is 12.3. The van der Waals surface area contributed by atoms with Gasteiger partial charge in [0.2, 0.25) is 0 Å². The number of hydrogen-bond acceptors (Lipinski definition) is 3. The van der Waals surface area contributed by atoms with Crippen LogP contribution in [0.2, 0.25) is 0 Å². The summed E-state index contributed by atoms with van der Waals surface area (Å²) < 4.78 is 0. The van der Waals surface area contributed by atoms with E-state index in [1.54, 1.807) is 0 Å². The van der Waals surface area contributed by atoms with Crippen molar-refractivity contribution in [1.82, 2.24) is 10.3 Å². The number of carbonyl (C=O) groups is 1. The molecule has 126 valence electrons. The first-order valence-electron chi connectivity index (χ1n) is 8.26. The average molecular weight is 332 g/mol. The van der Waals surface area contributed by atoms with E-state index in [2.05, 4.69) is 34.6 Å². The number of amides is 1. The highest BCUT2D eigenvalue weighted by Crippen LogP contribution is 2.27. The summed E-state index contributed by atoms with van der Waals surface area (Å²) in [5.41, 5.74) is 2.81. The van der Waals surface area contributed by atoms with Crippen LogP contribution >= 0.6 is 0 Å². The Balaban J connectivity index is 1.68. The Morgan fingerprint density at radius 3 is 2.12 bits per heavy atom. The summed E-state index contributed by atoms with van der Waals surface area (Å²) in [6.07, 6.45) is 3.53. The summed E-state index contributed by atoms with van der Waals surface area (Å²) >= 11 is 0. The lowest BCUT2D eigenvalue weighted by molar-refractivity contribution is 0.0952. The molecule has 0 radical (unpaired) electrons. The number of aromatic nitrogens is 1. The number of rotatable bonds is 6. The minimum atomic E-state index is -0.233. The molecule has 0 bridgehead atoms. The third-order valence-corrected chi connectivity index (χ3v) is 4.11. The SMILES string of the molecule is O=C(NCCC(c1ccccc1)c1ccccc1)c1cncc(O)c1. The molecule has 0 atom stereocenters. The third kappa shape index (κ3) is 4.44. The van der Waals surface area contributed by atoms with Gasteiger partial charge >= 0.3 is 0 Å². The summed E-state index contributed by atoms with van der Waals surface area (Å²) in [6, 6.07) is 22.0. The minimum absolute atomic E-state index is 0.0147. The largest absolute Gasteiger partial charge is 0.506 e. The zero-order valence-electron chi connectivity index (χ0n) is 13.8. The van der Waals surface area contributed by atoms with E-state index in [9.17, 15) is 9.90 Å². The number of nitrogens with one attached hydrogen (secondary N) is 1. The van der Waals surface area contributed by atoms with Gasteiger partial charge in [0.15, 0.2) is 0 Å². The molecular weight excluding hydrogens is 312 g/mol. The Labute approximate surface area is 147 Å². The lowest BCUT2D eigenvalue weighted by atomic mass is 9.88. The maximum Gasteiger partial charge on any atom is 0.252 e. The van der Waals surface area contributed by atoms with Gasteiger partial charge in [-0.05, 0) is 23.6 Å². The van der Waals surface area contributed by atoms with E-state index < -0.39 is 0 Å². The molecule has 0 saturated carbocycles. The molecule has 25 heavy (non-hydrogen) atoms. The van der Waals surface area contributed by atoms with Crippen LogP contribution in [-0.2, 0) is 0 Å². The van der Waals surface area contributed by atoms with Gasteiger partial charge in [-0.25, -0.2) is 0 Å². The Hall–Kier alpha value is -3.14. The van der Waals surface area contributed by atoms with Crippen molar-refractivity contribution in [3.63, 3.8) is 0 Å². The molecule has 0 unspecified atom stereocenters. The monoisotopic (exact) mass is 332 g/mol. The fourth-order valence-corrected chi connectivity index (χ4v) is 2.88. The second-order valence-corrected chi connectivity index (χ2v) is 5.85. The van der Waals surface area contributed by atoms with E-state index in [1.807, 2.05) is 36.4 Å². The quantitative estimate of drug-likeness (QED) is 0.723. The molecule has 1 amide bonds. The van der Waals surface area contributed by atoms with Crippen molar-refractivity contribution in [3.8, 4) is 5.75 Å². The summed E-state index contributed by atoms with van der Waals surface area (Å²) in [4.78, 5) is 16.0. The van der Waals surface area contributed by atoms with Crippen LogP contribution in [0.5, 0.6) is 5.75 Å². The van der Waals surface area contributed by atoms with Crippen molar-refractivity contribution in [2.45, 2.75) is 12.3 Å². The maximum atomic E-state index is 12.2. The smallest absolute Gasteiger partial charge is 0.252 e. The van der Waals surface area contributed by atoms with Gasteiger partial charge in [-0.1, -0.05) is 60.7 Å². The predicted octanol–water partition coefficient (Wildman–Crippen LogP) is 3.74. The third-order valence-electron chi connectivity index (χ3n) is 4.11. The van der Waals surface area contributed by atoms with Gasteiger partial charge in [0.05, 0.1) is 11.8 Å². The van der Waals surface area contributed by atoms with E-state index in [4.69, 9.17) is 0 Å². The highest BCUT2D eigenvalue weighted by atomic mass is 16.3. The first-order chi connectivity index (χ1) is 12.2. The number of aromatic hydroxyl groups is 1. The van der Waals surface area contributed by atoms with Crippen LogP contribution in [-0.4, -0.2) is 22.5 Å². The molecule has 0 saturated heterocycles. The molecule has 1 aromatic heterocycles. The fourth-order valence-electron chi connectivity index (χ4n) is 2.88. The Morgan fingerprint density at radius 2 is 1.56 bits per heavy atom. The van der Waals surface area contributed by atoms with Crippen LogP contribution in [0.3, 0.4) is 0 Å². The molecule has 3 rings (SSSR count). The standard InChI is InChI=1S/C21H20N2O2/c24-19-13-18(14-22-15-19)21(25)23-12-11-20(16-7-3-1-4-8-16)17-9-5-2-6-10-17/h1-10,13-15,20,24H,11-12H2,(H,23,25). The number of pyridine rings is 1. The molecular formula is C21H20N2O2. The van der Waals surface area contributed by atoms with Crippen molar-refractivity contribution in [2.75, 3.05) is 6.54 Å². The van der Waals surface area contributed by atoms with Crippen LogP contribution < -0.4 is 5.32 Å². The first-order valence-corrected chi connectivity index (χ1v) is 8.26. The molecule has 0 fully saturated rings. The van der Waals surface area contributed by atoms with Crippen molar-refractivity contribution >= 4 is 5.91 Å². The molecule has 0 aliphatic heterocycles. The Kier molecular flexibility index (Phi) is 5.42. The van der Waals surface area contributed by atoms with Gasteiger partial charge in [-0.2, -0.15) is 0 Å². The van der Waals surface area contributed by atoms with Crippen molar-refractivity contribution < 1.29 is 9.90 Å². The van der Waals surface area contributed by atoms with E-state index in [0.29, 0.717) is 12.1 Å². The average Bonchev–Trinajstić information content (AvgIpc) is 2.66. The molecule has 2 N–H and O–H groups in total. The fraction of sp³-hybridized carbons (Fsp3) is 0.143. The number of nitrogens with zero attached hydrogens (tertiary/aromatic N) is 1. The highest BCUT2D eigenvalue weighted by Gasteiger charge is 2.14. The summed E-state index contributed by atoms with van der Waals surface area (Å²) in [6.45, 7) is 0.531. The summed E-state index contributed by atoms with van der Waals surface area (Å²) in [5.74, 6) is -0.0348. The van der Waals surface area contributed by atoms with Crippen LogP contribution in [0.4, 0.5) is 0 Å². The normalized spacial score (nSPS) is 10.6. The zero-order chi connectivity index (χ0) is 17.5. The molecule has 4 heteroatoms. The van der Waals surface area contributed by atoms with Gasteiger partial charge in [0.25, 0.3) is 5.91 Å². The first kappa shape index (κ1) is 16.7. The zero-order valence-corrected chi connectivity index (χ0v) is 13.8. The van der Waals surface area contributed by atoms with Crippen molar-refractivity contribution in [3.05, 3.63) is 95.8 Å². The Morgan fingerprint density at radius 1 is 0.960 bits per heavy atom. The molecule has 4 nitrogen and oxygen atoms in total. The lowest BCUT2D eigenvalue weighted by Gasteiger charge is -2.18. The second kappa shape index (κ2) is 8.11. The molecule has 0 aliphatic carbocycles. The minimum Gasteiger partial charge on any atom is -0.506 e. The van der Waals surface area contributed by atoms with E-state index in [-0.39, 0.29) is 17.6 Å². The maximum absolute atomic E-state index is 12.2. The van der Waals surface area contributed by atoms with Gasteiger partial charge < -0.3 is 10.4 Å². The van der Waals surface area contributed by atoms with Crippen LogP contribution in [0.15, 0.2) is 79.1 Å². The predicted molar refractivity (Wildman–Crippen MR) is 97.6 cm³/mol. The van der Waals surface area contributed by atoms with Gasteiger partial charge in [-0.15, -0.1) is 0 Å². The van der Waals surface area contributed by atoms with E-state index in [0.717, 1.165) is 6.42 Å². The number of hydrogen-bond donors (Lipinski definition) is 2. The highest BCUT2D eigenvalue weighted by molar-refractivity contribution is 5.94. The van der Waals surface area contributed by atoms with Crippen LogP contribution in [0, 0.1) is 0 Å². The topological polar surface area (TPSA) is 62.2 Å². The van der Waals surface area contributed by atoms with Crippen molar-refractivity contribution in [1.29, 1.82) is 0 Å². The molecule has 0 spiro atoms. The molecule has 1 heterocycles. The molecule has 3 aromatic rings. The van der Waals surface area contributed by atoms with Gasteiger partial charge in [0, 0.05) is 18.7 Å². The van der Waals surface area contributed by atoms with Gasteiger partial charge in [-0.3, -0.25) is 9.78 Å². The second-order valence-electron chi connectivity index (χ2n) is 5.85. The van der Waals surface area contributed by atoms with Crippen molar-refractivity contribution in [2.24, 2.45) is 0 Å². The number of carbonyl (C=O) groups excluding carboxylic acids is 1.